The van der Waals surface area contributed by atoms with Crippen LogP contribution in [0.4, 0.5) is 0 Å². The van der Waals surface area contributed by atoms with Gasteiger partial charge in [0, 0.05) is 5.56 Å². The van der Waals surface area contributed by atoms with Crippen LogP contribution in [-0.2, 0) is 4.84 Å². The van der Waals surface area contributed by atoms with Crippen molar-refractivity contribution in [2.75, 3.05) is 13.2 Å². The van der Waals surface area contributed by atoms with E-state index in [1.807, 2.05) is 30.3 Å². The fourth-order valence-electron chi connectivity index (χ4n) is 1.10. The number of aliphatic imine (C=N–C) groups is 1. The number of amidine groups is 1. The highest BCUT2D eigenvalue weighted by Crippen LogP contribution is 2.01. The van der Waals surface area contributed by atoms with Crippen molar-refractivity contribution in [1.29, 1.82) is 0 Å². The molecule has 1 heterocycles. The molecule has 0 aromatic heterocycles. The molecule has 0 saturated heterocycles. The van der Waals surface area contributed by atoms with Gasteiger partial charge in [0.1, 0.15) is 0 Å². The zero-order chi connectivity index (χ0) is 8.23. The number of nitrogens with zero attached hydrogens (tertiary/aromatic N) is 1. The molecule has 0 unspecified atom stereocenters. The van der Waals surface area contributed by atoms with Crippen LogP contribution in [0.25, 0.3) is 0 Å². The SMILES string of the molecule is c1ccc(C2=NCCON2)cc1. The third-order valence-electron chi connectivity index (χ3n) is 1.68. The molecule has 12 heavy (non-hydrogen) atoms. The molecule has 0 spiro atoms. The molecular formula is C9H10N2O. The molecule has 0 atom stereocenters. The number of benzene rings is 1. The first-order valence-corrected chi connectivity index (χ1v) is 3.94. The zero-order valence-corrected chi connectivity index (χ0v) is 6.66. The van der Waals surface area contributed by atoms with Crippen molar-refractivity contribution in [2.45, 2.75) is 0 Å². The molecule has 1 aromatic carbocycles. The van der Waals surface area contributed by atoms with E-state index in [-0.39, 0.29) is 0 Å². The summed E-state index contributed by atoms with van der Waals surface area (Å²) in [6, 6.07) is 9.94. The highest BCUT2D eigenvalue weighted by molar-refractivity contribution is 5.98. The number of hydrogen-bond acceptors (Lipinski definition) is 3. The number of rotatable bonds is 1. The van der Waals surface area contributed by atoms with Crippen LogP contribution in [-0.4, -0.2) is 19.0 Å². The second-order valence-electron chi connectivity index (χ2n) is 2.55. The topological polar surface area (TPSA) is 33.6 Å². The van der Waals surface area contributed by atoms with Gasteiger partial charge < -0.3 is 0 Å². The maximum absolute atomic E-state index is 5.06. The standard InChI is InChI=1S/C9H10N2O/c1-2-4-8(5-3-1)9-10-6-7-12-11-9/h1-5H,6-7H2,(H,10,11). The van der Waals surface area contributed by atoms with Crippen molar-refractivity contribution in [1.82, 2.24) is 5.48 Å². The van der Waals surface area contributed by atoms with E-state index in [4.69, 9.17) is 4.84 Å². The molecule has 0 saturated carbocycles. The lowest BCUT2D eigenvalue weighted by atomic mass is 10.2. The largest absolute Gasteiger partial charge is 0.273 e. The molecule has 0 radical (unpaired) electrons. The highest BCUT2D eigenvalue weighted by atomic mass is 16.6. The summed E-state index contributed by atoms with van der Waals surface area (Å²) in [4.78, 5) is 9.34. The van der Waals surface area contributed by atoms with Crippen LogP contribution in [0.1, 0.15) is 5.56 Å². The Kier molecular flexibility index (Phi) is 2.05. The summed E-state index contributed by atoms with van der Waals surface area (Å²) in [6.07, 6.45) is 0. The fraction of sp³-hybridized carbons (Fsp3) is 0.222. The van der Waals surface area contributed by atoms with Crippen LogP contribution >= 0.6 is 0 Å². The maximum atomic E-state index is 5.06. The first-order chi connectivity index (χ1) is 5.97. The van der Waals surface area contributed by atoms with Gasteiger partial charge in [0.25, 0.3) is 0 Å². The summed E-state index contributed by atoms with van der Waals surface area (Å²) in [5.74, 6) is 0.821. The molecule has 2 rings (SSSR count). The van der Waals surface area contributed by atoms with Crippen molar-refractivity contribution in [3.8, 4) is 0 Å². The van der Waals surface area contributed by atoms with Gasteiger partial charge in [-0.25, -0.2) is 5.48 Å². The van der Waals surface area contributed by atoms with E-state index in [1.165, 1.54) is 0 Å². The van der Waals surface area contributed by atoms with Crippen LogP contribution < -0.4 is 5.48 Å². The number of hydroxylamine groups is 1. The lowest BCUT2D eigenvalue weighted by Crippen LogP contribution is -2.30. The Morgan fingerprint density at radius 2 is 2.08 bits per heavy atom. The van der Waals surface area contributed by atoms with E-state index in [0.717, 1.165) is 17.9 Å². The Morgan fingerprint density at radius 3 is 2.75 bits per heavy atom. The predicted octanol–water partition coefficient (Wildman–Crippen LogP) is 0.968. The fourth-order valence-corrected chi connectivity index (χ4v) is 1.10. The molecule has 0 amide bonds. The summed E-state index contributed by atoms with van der Waals surface area (Å²) in [5.41, 5.74) is 3.85. The quantitative estimate of drug-likeness (QED) is 0.667. The van der Waals surface area contributed by atoms with Gasteiger partial charge in [-0.15, -0.1) is 0 Å². The molecule has 0 fully saturated rings. The van der Waals surface area contributed by atoms with E-state index < -0.39 is 0 Å². The molecule has 1 aromatic rings. The predicted molar refractivity (Wildman–Crippen MR) is 46.9 cm³/mol. The second kappa shape index (κ2) is 3.36. The zero-order valence-electron chi connectivity index (χ0n) is 6.66. The van der Waals surface area contributed by atoms with Gasteiger partial charge in [0.2, 0.25) is 0 Å². The van der Waals surface area contributed by atoms with E-state index in [9.17, 15) is 0 Å². The van der Waals surface area contributed by atoms with E-state index in [2.05, 4.69) is 10.5 Å². The summed E-state index contributed by atoms with van der Waals surface area (Å²) in [5, 5.41) is 0. The molecule has 62 valence electrons. The van der Waals surface area contributed by atoms with Crippen molar-refractivity contribution in [3.63, 3.8) is 0 Å². The molecule has 3 nitrogen and oxygen atoms in total. The summed E-state index contributed by atoms with van der Waals surface area (Å²) in [6.45, 7) is 1.38. The maximum Gasteiger partial charge on any atom is 0.152 e. The van der Waals surface area contributed by atoms with Gasteiger partial charge in [-0.2, -0.15) is 0 Å². The van der Waals surface area contributed by atoms with Crippen molar-refractivity contribution in [3.05, 3.63) is 35.9 Å². The summed E-state index contributed by atoms with van der Waals surface area (Å²) in [7, 11) is 0. The lowest BCUT2D eigenvalue weighted by Gasteiger charge is -2.13. The van der Waals surface area contributed by atoms with Gasteiger partial charge in [0.05, 0.1) is 13.2 Å². The lowest BCUT2D eigenvalue weighted by molar-refractivity contribution is 0.0826. The molecule has 3 heteroatoms. The molecule has 1 aliphatic heterocycles. The van der Waals surface area contributed by atoms with Crippen LogP contribution in [0.2, 0.25) is 0 Å². The van der Waals surface area contributed by atoms with Crippen molar-refractivity contribution in [2.24, 2.45) is 4.99 Å². The minimum absolute atomic E-state index is 0.649. The Balaban J connectivity index is 2.24. The molecule has 0 bridgehead atoms. The molecule has 1 aliphatic rings. The Labute approximate surface area is 71.0 Å². The van der Waals surface area contributed by atoms with Crippen LogP contribution in [0.15, 0.2) is 35.3 Å². The third kappa shape index (κ3) is 1.46. The average molecular weight is 162 g/mol. The summed E-state index contributed by atoms with van der Waals surface area (Å²) >= 11 is 0. The smallest absolute Gasteiger partial charge is 0.152 e. The second-order valence-corrected chi connectivity index (χ2v) is 2.55. The molecular weight excluding hydrogens is 152 g/mol. The number of nitrogens with one attached hydrogen (secondary N) is 1. The molecule has 1 N–H and O–H groups in total. The van der Waals surface area contributed by atoms with Gasteiger partial charge in [-0.1, -0.05) is 30.3 Å². The summed E-state index contributed by atoms with van der Waals surface area (Å²) < 4.78 is 0. The molecule has 0 aliphatic carbocycles. The van der Waals surface area contributed by atoms with E-state index >= 15 is 0 Å². The van der Waals surface area contributed by atoms with E-state index in [1.54, 1.807) is 0 Å². The normalized spacial score (nSPS) is 16.5. The van der Waals surface area contributed by atoms with Crippen molar-refractivity contribution < 1.29 is 4.84 Å². The monoisotopic (exact) mass is 162 g/mol. The Morgan fingerprint density at radius 1 is 1.25 bits per heavy atom. The average Bonchev–Trinajstić information content (AvgIpc) is 2.21. The number of hydrogen-bond donors (Lipinski definition) is 1. The Hall–Kier alpha value is -1.35. The first kappa shape index (κ1) is 7.31. The van der Waals surface area contributed by atoms with Gasteiger partial charge in [-0.3, -0.25) is 9.83 Å². The van der Waals surface area contributed by atoms with Gasteiger partial charge >= 0.3 is 0 Å². The minimum atomic E-state index is 0.649. The minimum Gasteiger partial charge on any atom is -0.273 e. The van der Waals surface area contributed by atoms with Gasteiger partial charge in [-0.05, 0) is 0 Å². The first-order valence-electron chi connectivity index (χ1n) is 3.94. The van der Waals surface area contributed by atoms with E-state index in [0.29, 0.717) is 6.61 Å². The van der Waals surface area contributed by atoms with Crippen LogP contribution in [0.5, 0.6) is 0 Å². The third-order valence-corrected chi connectivity index (χ3v) is 1.68. The Bertz CT molecular complexity index is 282. The van der Waals surface area contributed by atoms with Crippen LogP contribution in [0.3, 0.4) is 0 Å². The van der Waals surface area contributed by atoms with Crippen molar-refractivity contribution >= 4 is 5.84 Å². The highest BCUT2D eigenvalue weighted by Gasteiger charge is 2.05. The van der Waals surface area contributed by atoms with Crippen LogP contribution in [0, 0.1) is 0 Å². The van der Waals surface area contributed by atoms with Gasteiger partial charge in [0.15, 0.2) is 5.84 Å².